The van der Waals surface area contributed by atoms with E-state index in [1.807, 2.05) is 13.8 Å². The molecule has 90 valence electrons. The number of hydrogen-bond acceptors (Lipinski definition) is 4. The monoisotopic (exact) mass is 235 g/mol. The van der Waals surface area contributed by atoms with Crippen LogP contribution in [-0.2, 0) is 12.1 Å². The van der Waals surface area contributed by atoms with Gasteiger partial charge in [-0.25, -0.2) is 9.07 Å². The molecule has 0 aromatic carbocycles. The minimum Gasteiger partial charge on any atom is -0.320 e. The Kier molecular flexibility index (Phi) is 2.89. The van der Waals surface area contributed by atoms with Crippen LogP contribution in [-0.4, -0.2) is 20.0 Å². The Balaban J connectivity index is 2.17. The standard InChI is InChI=1S/C11H14FN5/c1-11(2,13)10-7-17(16-15-10)6-8-3-9(12)5-14-4-8/h3-5,7H,6,13H2,1-2H3. The maximum absolute atomic E-state index is 12.9. The normalized spacial score (nSPS) is 11.8. The van der Waals surface area contributed by atoms with Gasteiger partial charge in [0, 0.05) is 6.20 Å². The summed E-state index contributed by atoms with van der Waals surface area (Å²) < 4.78 is 14.5. The van der Waals surface area contributed by atoms with E-state index in [1.165, 1.54) is 12.3 Å². The van der Waals surface area contributed by atoms with Crippen molar-refractivity contribution in [1.82, 2.24) is 20.0 Å². The molecule has 0 radical (unpaired) electrons. The molecule has 17 heavy (non-hydrogen) atoms. The summed E-state index contributed by atoms with van der Waals surface area (Å²) in [6.07, 6.45) is 4.52. The maximum atomic E-state index is 12.9. The van der Waals surface area contributed by atoms with Gasteiger partial charge in [-0.2, -0.15) is 0 Å². The van der Waals surface area contributed by atoms with Gasteiger partial charge in [0.15, 0.2) is 0 Å². The Morgan fingerprint density at radius 1 is 1.41 bits per heavy atom. The van der Waals surface area contributed by atoms with E-state index in [2.05, 4.69) is 15.3 Å². The first-order valence-electron chi connectivity index (χ1n) is 5.24. The van der Waals surface area contributed by atoms with Crippen LogP contribution in [0.2, 0.25) is 0 Å². The fourth-order valence-corrected chi connectivity index (χ4v) is 1.40. The summed E-state index contributed by atoms with van der Waals surface area (Å²) in [6, 6.07) is 1.42. The highest BCUT2D eigenvalue weighted by Gasteiger charge is 2.18. The zero-order valence-corrected chi connectivity index (χ0v) is 9.76. The third-order valence-electron chi connectivity index (χ3n) is 2.30. The molecule has 0 aliphatic carbocycles. The first kappa shape index (κ1) is 11.7. The molecule has 2 rings (SSSR count). The molecule has 0 amide bonds. The average Bonchev–Trinajstić information content (AvgIpc) is 2.65. The summed E-state index contributed by atoms with van der Waals surface area (Å²) in [5.74, 6) is -0.359. The topological polar surface area (TPSA) is 69.6 Å². The second-order valence-corrected chi connectivity index (χ2v) is 4.53. The van der Waals surface area contributed by atoms with E-state index in [-0.39, 0.29) is 5.82 Å². The lowest BCUT2D eigenvalue weighted by Crippen LogP contribution is -2.29. The first-order chi connectivity index (χ1) is 7.95. The van der Waals surface area contributed by atoms with Crippen molar-refractivity contribution >= 4 is 0 Å². The van der Waals surface area contributed by atoms with E-state index in [4.69, 9.17) is 5.73 Å². The van der Waals surface area contributed by atoms with Gasteiger partial charge in [-0.15, -0.1) is 5.10 Å². The lowest BCUT2D eigenvalue weighted by atomic mass is 10.0. The number of pyridine rings is 1. The van der Waals surface area contributed by atoms with Crippen LogP contribution in [0.3, 0.4) is 0 Å². The highest BCUT2D eigenvalue weighted by molar-refractivity contribution is 5.12. The van der Waals surface area contributed by atoms with Gasteiger partial charge in [-0.3, -0.25) is 4.98 Å². The fourth-order valence-electron chi connectivity index (χ4n) is 1.40. The number of nitrogens with zero attached hydrogens (tertiary/aromatic N) is 4. The molecular formula is C11H14FN5. The Labute approximate surface area is 98.5 Å². The maximum Gasteiger partial charge on any atom is 0.141 e. The summed E-state index contributed by atoms with van der Waals surface area (Å²) in [4.78, 5) is 3.77. The molecule has 0 saturated heterocycles. The molecule has 2 heterocycles. The number of rotatable bonds is 3. The van der Waals surface area contributed by atoms with Crippen LogP contribution in [0.5, 0.6) is 0 Å². The predicted octanol–water partition coefficient (Wildman–Crippen LogP) is 1.05. The van der Waals surface area contributed by atoms with Crippen LogP contribution >= 0.6 is 0 Å². The van der Waals surface area contributed by atoms with Crippen molar-refractivity contribution in [1.29, 1.82) is 0 Å². The van der Waals surface area contributed by atoms with Crippen LogP contribution in [0, 0.1) is 5.82 Å². The van der Waals surface area contributed by atoms with Crippen molar-refractivity contribution in [2.24, 2.45) is 5.73 Å². The van der Waals surface area contributed by atoms with Crippen LogP contribution in [0.1, 0.15) is 25.1 Å². The molecular weight excluding hydrogens is 221 g/mol. The van der Waals surface area contributed by atoms with Gasteiger partial charge in [0.25, 0.3) is 0 Å². The van der Waals surface area contributed by atoms with Crippen LogP contribution in [0.25, 0.3) is 0 Å². The number of aromatic nitrogens is 4. The summed E-state index contributed by atoms with van der Waals surface area (Å²) >= 11 is 0. The molecule has 2 aromatic rings. The van der Waals surface area contributed by atoms with E-state index >= 15 is 0 Å². The molecule has 2 N–H and O–H groups in total. The Morgan fingerprint density at radius 2 is 2.18 bits per heavy atom. The van der Waals surface area contributed by atoms with Crippen molar-refractivity contribution in [3.05, 3.63) is 41.7 Å². The average molecular weight is 235 g/mol. The second kappa shape index (κ2) is 4.21. The minimum atomic E-state index is -0.529. The van der Waals surface area contributed by atoms with E-state index in [0.29, 0.717) is 12.2 Å². The SMILES string of the molecule is CC(C)(N)c1cn(Cc2cncc(F)c2)nn1. The largest absolute Gasteiger partial charge is 0.320 e. The highest BCUT2D eigenvalue weighted by Crippen LogP contribution is 2.13. The van der Waals surface area contributed by atoms with Crippen molar-refractivity contribution in [3.63, 3.8) is 0 Å². The van der Waals surface area contributed by atoms with Crippen molar-refractivity contribution < 1.29 is 4.39 Å². The lowest BCUT2D eigenvalue weighted by molar-refractivity contribution is 0.533. The third-order valence-corrected chi connectivity index (χ3v) is 2.30. The van der Waals surface area contributed by atoms with Crippen LogP contribution in [0.15, 0.2) is 24.7 Å². The minimum absolute atomic E-state index is 0.359. The number of nitrogens with two attached hydrogens (primary N) is 1. The fraction of sp³-hybridized carbons (Fsp3) is 0.364. The smallest absolute Gasteiger partial charge is 0.141 e. The van der Waals surface area contributed by atoms with E-state index < -0.39 is 5.54 Å². The summed E-state index contributed by atoms with van der Waals surface area (Å²) in [6.45, 7) is 4.13. The molecule has 6 heteroatoms. The van der Waals surface area contributed by atoms with Gasteiger partial charge in [0.1, 0.15) is 11.5 Å². The molecule has 5 nitrogen and oxygen atoms in total. The zero-order chi connectivity index (χ0) is 12.5. The van der Waals surface area contributed by atoms with Crippen molar-refractivity contribution in [2.75, 3.05) is 0 Å². The highest BCUT2D eigenvalue weighted by atomic mass is 19.1. The molecule has 0 unspecified atom stereocenters. The molecule has 0 atom stereocenters. The summed E-state index contributed by atoms with van der Waals surface area (Å²) in [5.41, 5.74) is 6.80. The predicted molar refractivity (Wildman–Crippen MR) is 60.5 cm³/mol. The number of hydrogen-bond donors (Lipinski definition) is 1. The summed E-state index contributed by atoms with van der Waals surface area (Å²) in [7, 11) is 0. The second-order valence-electron chi connectivity index (χ2n) is 4.53. The molecule has 0 aliphatic rings. The molecule has 0 spiro atoms. The van der Waals surface area contributed by atoms with Gasteiger partial charge in [0.2, 0.25) is 0 Å². The van der Waals surface area contributed by atoms with Gasteiger partial charge in [0.05, 0.1) is 24.5 Å². The molecule has 0 bridgehead atoms. The van der Waals surface area contributed by atoms with E-state index in [1.54, 1.807) is 17.1 Å². The Hall–Kier alpha value is -1.82. The molecule has 0 fully saturated rings. The Morgan fingerprint density at radius 3 is 2.76 bits per heavy atom. The molecule has 0 aliphatic heterocycles. The number of halogens is 1. The molecule has 2 aromatic heterocycles. The van der Waals surface area contributed by atoms with Gasteiger partial charge >= 0.3 is 0 Å². The van der Waals surface area contributed by atoms with Crippen molar-refractivity contribution in [3.8, 4) is 0 Å². The molecule has 0 saturated carbocycles. The van der Waals surface area contributed by atoms with E-state index in [9.17, 15) is 4.39 Å². The van der Waals surface area contributed by atoms with Crippen molar-refractivity contribution in [2.45, 2.75) is 25.9 Å². The van der Waals surface area contributed by atoms with Crippen LogP contribution in [0.4, 0.5) is 4.39 Å². The van der Waals surface area contributed by atoms with Gasteiger partial charge < -0.3 is 5.73 Å². The zero-order valence-electron chi connectivity index (χ0n) is 9.76. The quantitative estimate of drug-likeness (QED) is 0.863. The Bertz CT molecular complexity index is 515. The van der Waals surface area contributed by atoms with Gasteiger partial charge in [-0.1, -0.05) is 5.21 Å². The third kappa shape index (κ3) is 2.85. The summed E-state index contributed by atoms with van der Waals surface area (Å²) in [5, 5.41) is 7.92. The first-order valence-corrected chi connectivity index (χ1v) is 5.24. The van der Waals surface area contributed by atoms with E-state index in [0.717, 1.165) is 5.56 Å². The lowest BCUT2D eigenvalue weighted by Gasteiger charge is -2.13. The van der Waals surface area contributed by atoms with Crippen LogP contribution < -0.4 is 5.73 Å². The van der Waals surface area contributed by atoms with Gasteiger partial charge in [-0.05, 0) is 25.5 Å².